The number of nitriles is 1. The number of aryl methyl sites for hydroxylation is 1. The standard InChI is InChI=1S/C13H13ClN2O/c14-6-2-1-3-10-8-16-13-5-4-11(17-9-15)7-12(10)13/h4-5,7-8,16H,1-3,6H2. The molecule has 4 heteroatoms. The number of hydrogen-bond donors (Lipinski definition) is 1. The minimum absolute atomic E-state index is 0.582. The lowest BCUT2D eigenvalue weighted by Gasteiger charge is -2.00. The second-order valence-electron chi connectivity index (χ2n) is 3.86. The molecule has 0 aliphatic heterocycles. The third kappa shape index (κ3) is 2.72. The van der Waals surface area contributed by atoms with Crippen molar-refractivity contribution in [1.82, 2.24) is 4.98 Å². The number of unbranched alkanes of at least 4 members (excludes halogenated alkanes) is 1. The minimum atomic E-state index is 0.582. The van der Waals surface area contributed by atoms with E-state index in [4.69, 9.17) is 21.6 Å². The molecule has 0 bridgehead atoms. The second-order valence-corrected chi connectivity index (χ2v) is 4.24. The molecule has 0 aliphatic rings. The second kappa shape index (κ2) is 5.60. The lowest BCUT2D eigenvalue weighted by molar-refractivity contribution is 0.508. The molecule has 17 heavy (non-hydrogen) atoms. The van der Waals surface area contributed by atoms with Gasteiger partial charge in [0.1, 0.15) is 5.75 Å². The van der Waals surface area contributed by atoms with Gasteiger partial charge in [0, 0.05) is 23.0 Å². The highest BCUT2D eigenvalue weighted by atomic mass is 35.5. The Morgan fingerprint density at radius 2 is 2.24 bits per heavy atom. The molecular formula is C13H13ClN2O. The number of alkyl halides is 1. The van der Waals surface area contributed by atoms with E-state index in [1.54, 1.807) is 12.3 Å². The van der Waals surface area contributed by atoms with Crippen LogP contribution in [0.3, 0.4) is 0 Å². The average molecular weight is 249 g/mol. The van der Waals surface area contributed by atoms with Crippen molar-refractivity contribution in [2.45, 2.75) is 19.3 Å². The van der Waals surface area contributed by atoms with Gasteiger partial charge in [-0.2, -0.15) is 0 Å². The molecule has 1 N–H and O–H groups in total. The summed E-state index contributed by atoms with van der Waals surface area (Å²) >= 11 is 5.66. The van der Waals surface area contributed by atoms with E-state index in [2.05, 4.69) is 4.98 Å². The summed E-state index contributed by atoms with van der Waals surface area (Å²) in [6, 6.07) is 5.60. The van der Waals surface area contributed by atoms with E-state index in [-0.39, 0.29) is 0 Å². The number of ether oxygens (including phenoxy) is 1. The van der Waals surface area contributed by atoms with E-state index in [9.17, 15) is 0 Å². The third-order valence-corrected chi connectivity index (χ3v) is 3.00. The topological polar surface area (TPSA) is 48.8 Å². The monoisotopic (exact) mass is 248 g/mol. The van der Waals surface area contributed by atoms with Crippen LogP contribution in [0.15, 0.2) is 24.4 Å². The van der Waals surface area contributed by atoms with E-state index in [0.717, 1.165) is 30.2 Å². The van der Waals surface area contributed by atoms with Gasteiger partial charge in [-0.15, -0.1) is 16.9 Å². The van der Waals surface area contributed by atoms with E-state index < -0.39 is 0 Å². The lowest BCUT2D eigenvalue weighted by Crippen LogP contribution is -1.86. The number of rotatable bonds is 5. The Bertz CT molecular complexity index is 542. The highest BCUT2D eigenvalue weighted by Crippen LogP contribution is 2.24. The molecule has 0 amide bonds. The van der Waals surface area contributed by atoms with Gasteiger partial charge in [0.15, 0.2) is 0 Å². The largest absolute Gasteiger partial charge is 0.388 e. The van der Waals surface area contributed by atoms with Crippen LogP contribution in [-0.2, 0) is 6.42 Å². The number of nitrogens with one attached hydrogen (secondary N) is 1. The van der Waals surface area contributed by atoms with Gasteiger partial charge in [-0.05, 0) is 43.0 Å². The van der Waals surface area contributed by atoms with Gasteiger partial charge in [-0.1, -0.05) is 0 Å². The summed E-state index contributed by atoms with van der Waals surface area (Å²) in [7, 11) is 0. The molecule has 1 heterocycles. The smallest absolute Gasteiger partial charge is 0.292 e. The quantitative estimate of drug-likeness (QED) is 0.499. The molecule has 0 saturated carbocycles. The van der Waals surface area contributed by atoms with Crippen molar-refractivity contribution in [2.75, 3.05) is 5.88 Å². The summed E-state index contributed by atoms with van der Waals surface area (Å²) in [6.07, 6.45) is 6.77. The Hall–Kier alpha value is -1.66. The van der Waals surface area contributed by atoms with Crippen LogP contribution in [0.25, 0.3) is 10.9 Å². The summed E-state index contributed by atoms with van der Waals surface area (Å²) in [5.74, 6) is 1.28. The van der Waals surface area contributed by atoms with Crippen LogP contribution in [-0.4, -0.2) is 10.9 Å². The van der Waals surface area contributed by atoms with Crippen LogP contribution >= 0.6 is 11.6 Å². The van der Waals surface area contributed by atoms with Gasteiger partial charge in [-0.3, -0.25) is 0 Å². The van der Waals surface area contributed by atoms with Crippen molar-refractivity contribution in [1.29, 1.82) is 5.26 Å². The number of benzene rings is 1. The molecule has 3 nitrogen and oxygen atoms in total. The number of nitrogens with zero attached hydrogens (tertiary/aromatic N) is 1. The van der Waals surface area contributed by atoms with Crippen LogP contribution in [0.2, 0.25) is 0 Å². The molecule has 0 spiro atoms. The van der Waals surface area contributed by atoms with Gasteiger partial charge in [0.05, 0.1) is 0 Å². The van der Waals surface area contributed by atoms with Crippen LogP contribution in [0.4, 0.5) is 0 Å². The highest BCUT2D eigenvalue weighted by Gasteiger charge is 2.05. The predicted molar refractivity (Wildman–Crippen MR) is 68.2 cm³/mol. The van der Waals surface area contributed by atoms with Crippen molar-refractivity contribution in [3.8, 4) is 12.0 Å². The maximum absolute atomic E-state index is 8.49. The third-order valence-electron chi connectivity index (χ3n) is 2.73. The van der Waals surface area contributed by atoms with E-state index in [1.165, 1.54) is 5.56 Å². The molecule has 2 rings (SSSR count). The SMILES string of the molecule is N#COc1ccc2[nH]cc(CCCCCl)c2c1. The predicted octanol–water partition coefficient (Wildman–Crippen LogP) is 3.59. The molecular weight excluding hydrogens is 236 g/mol. The molecule has 88 valence electrons. The lowest BCUT2D eigenvalue weighted by atomic mass is 10.1. The molecule has 0 radical (unpaired) electrons. The fourth-order valence-electron chi connectivity index (χ4n) is 1.89. The average Bonchev–Trinajstić information content (AvgIpc) is 2.73. The molecule has 0 saturated heterocycles. The highest BCUT2D eigenvalue weighted by molar-refractivity contribution is 6.17. The number of H-pyrrole nitrogens is 1. The van der Waals surface area contributed by atoms with Crippen molar-refractivity contribution in [3.63, 3.8) is 0 Å². The molecule has 1 aromatic heterocycles. The fourth-order valence-corrected chi connectivity index (χ4v) is 2.08. The summed E-state index contributed by atoms with van der Waals surface area (Å²) in [5, 5.41) is 9.61. The van der Waals surface area contributed by atoms with Crippen molar-refractivity contribution in [2.24, 2.45) is 0 Å². The Balaban J connectivity index is 2.24. The van der Waals surface area contributed by atoms with Crippen LogP contribution in [0.1, 0.15) is 18.4 Å². The molecule has 0 unspecified atom stereocenters. The Morgan fingerprint density at radius 1 is 1.35 bits per heavy atom. The van der Waals surface area contributed by atoms with Crippen molar-refractivity contribution >= 4 is 22.5 Å². The summed E-state index contributed by atoms with van der Waals surface area (Å²) in [6.45, 7) is 0. The normalized spacial score (nSPS) is 10.4. The number of halogens is 1. The van der Waals surface area contributed by atoms with E-state index in [0.29, 0.717) is 11.6 Å². The van der Waals surface area contributed by atoms with Crippen LogP contribution in [0, 0.1) is 11.5 Å². The summed E-state index contributed by atoms with van der Waals surface area (Å²) < 4.78 is 4.83. The van der Waals surface area contributed by atoms with Gasteiger partial charge >= 0.3 is 0 Å². The first-order valence-corrected chi connectivity index (χ1v) is 6.10. The summed E-state index contributed by atoms with van der Waals surface area (Å²) in [4.78, 5) is 3.21. The van der Waals surface area contributed by atoms with Gasteiger partial charge < -0.3 is 9.72 Å². The first kappa shape index (κ1) is 11.8. The van der Waals surface area contributed by atoms with Crippen LogP contribution < -0.4 is 4.74 Å². The van der Waals surface area contributed by atoms with Crippen molar-refractivity contribution < 1.29 is 4.74 Å². The minimum Gasteiger partial charge on any atom is -0.388 e. The maximum Gasteiger partial charge on any atom is 0.292 e. The molecule has 1 aromatic carbocycles. The Labute approximate surface area is 105 Å². The van der Waals surface area contributed by atoms with E-state index in [1.807, 2.05) is 18.3 Å². The van der Waals surface area contributed by atoms with Gasteiger partial charge in [0.2, 0.25) is 0 Å². The van der Waals surface area contributed by atoms with Crippen LogP contribution in [0.5, 0.6) is 5.75 Å². The zero-order chi connectivity index (χ0) is 12.1. The molecule has 0 atom stereocenters. The molecule has 2 aromatic rings. The first-order valence-electron chi connectivity index (χ1n) is 5.57. The molecule has 0 fully saturated rings. The maximum atomic E-state index is 8.49. The zero-order valence-electron chi connectivity index (χ0n) is 9.37. The first-order chi connectivity index (χ1) is 8.35. The number of aromatic amines is 1. The summed E-state index contributed by atoms with van der Waals surface area (Å²) in [5.41, 5.74) is 2.31. The Morgan fingerprint density at radius 3 is 3.00 bits per heavy atom. The number of aromatic nitrogens is 1. The van der Waals surface area contributed by atoms with Crippen molar-refractivity contribution in [3.05, 3.63) is 30.0 Å². The zero-order valence-corrected chi connectivity index (χ0v) is 10.1. The number of hydrogen-bond acceptors (Lipinski definition) is 2. The Kier molecular flexibility index (Phi) is 3.89. The fraction of sp³-hybridized carbons (Fsp3) is 0.308. The van der Waals surface area contributed by atoms with E-state index >= 15 is 0 Å². The molecule has 0 aliphatic carbocycles. The van der Waals surface area contributed by atoms with Gasteiger partial charge in [-0.25, -0.2) is 0 Å². The van der Waals surface area contributed by atoms with Gasteiger partial charge in [0.25, 0.3) is 6.26 Å². The number of fused-ring (bicyclic) bond motifs is 1.